The fraction of sp³-hybridized carbons (Fsp3) is 0.0357. The highest BCUT2D eigenvalue weighted by molar-refractivity contribution is 5.88. The SMILES string of the molecule is C1=CC2C=C(c3ccc(-c4ccc(N(c5ccccc5)c5ccc(-c6ccc(-c7ccccc7)c(-c7ccccc7)c6)cc5)cc4)cc3)c3ccccc3C2C=C1. The number of allylic oxidation sites excluding steroid dienone is 5. The molecule has 0 aliphatic heterocycles. The van der Waals surface area contributed by atoms with Crippen LogP contribution in [0.1, 0.15) is 22.6 Å². The maximum absolute atomic E-state index is 2.45. The minimum Gasteiger partial charge on any atom is -0.311 e. The van der Waals surface area contributed by atoms with Crippen LogP contribution in [-0.2, 0) is 0 Å². The molecular weight excluding hydrogens is 687 g/mol. The van der Waals surface area contributed by atoms with E-state index in [-0.39, 0.29) is 0 Å². The van der Waals surface area contributed by atoms with Gasteiger partial charge < -0.3 is 4.90 Å². The van der Waals surface area contributed by atoms with Crippen LogP contribution in [0.15, 0.2) is 237 Å². The van der Waals surface area contributed by atoms with Crippen molar-refractivity contribution in [3.63, 3.8) is 0 Å². The molecule has 0 spiro atoms. The Bertz CT molecular complexity index is 2740. The van der Waals surface area contributed by atoms with Crippen molar-refractivity contribution in [3.05, 3.63) is 253 Å². The smallest absolute Gasteiger partial charge is 0.0462 e. The van der Waals surface area contributed by atoms with Gasteiger partial charge in [-0.2, -0.15) is 0 Å². The molecule has 0 heterocycles. The first-order valence-corrected chi connectivity index (χ1v) is 19.8. The van der Waals surface area contributed by atoms with E-state index in [4.69, 9.17) is 0 Å². The molecule has 8 aromatic carbocycles. The maximum atomic E-state index is 2.45. The largest absolute Gasteiger partial charge is 0.311 e. The van der Waals surface area contributed by atoms with Gasteiger partial charge in [0.25, 0.3) is 0 Å². The van der Waals surface area contributed by atoms with Crippen LogP contribution in [0.4, 0.5) is 17.1 Å². The van der Waals surface area contributed by atoms with Gasteiger partial charge in [0.2, 0.25) is 0 Å². The predicted octanol–water partition coefficient (Wildman–Crippen LogP) is 15.1. The highest BCUT2D eigenvalue weighted by atomic mass is 15.1. The van der Waals surface area contributed by atoms with Gasteiger partial charge in [-0.3, -0.25) is 0 Å². The predicted molar refractivity (Wildman–Crippen MR) is 241 cm³/mol. The Hall–Kier alpha value is -7.22. The highest BCUT2D eigenvalue weighted by Crippen LogP contribution is 2.44. The molecule has 0 saturated carbocycles. The van der Waals surface area contributed by atoms with Crippen LogP contribution < -0.4 is 4.90 Å². The summed E-state index contributed by atoms with van der Waals surface area (Å²) in [4.78, 5) is 2.33. The Morgan fingerprint density at radius 3 is 1.44 bits per heavy atom. The molecule has 0 fully saturated rings. The number of rotatable bonds is 8. The van der Waals surface area contributed by atoms with Crippen LogP contribution in [0, 0.1) is 5.92 Å². The zero-order chi connectivity index (χ0) is 38.0. The first-order chi connectivity index (χ1) is 28.3. The molecule has 2 atom stereocenters. The summed E-state index contributed by atoms with van der Waals surface area (Å²) in [6.45, 7) is 0. The highest BCUT2D eigenvalue weighted by Gasteiger charge is 2.28. The van der Waals surface area contributed by atoms with E-state index in [9.17, 15) is 0 Å². The normalized spacial score (nSPS) is 15.3. The van der Waals surface area contributed by atoms with Gasteiger partial charge in [0, 0.05) is 28.9 Å². The number of anilines is 3. The molecule has 0 N–H and O–H groups in total. The Kier molecular flexibility index (Phi) is 9.10. The summed E-state index contributed by atoms with van der Waals surface area (Å²) in [5.41, 5.74) is 18.3. The number of hydrogen-bond acceptors (Lipinski definition) is 1. The maximum Gasteiger partial charge on any atom is 0.0462 e. The van der Waals surface area contributed by atoms with E-state index >= 15 is 0 Å². The molecule has 2 aliphatic carbocycles. The fourth-order valence-corrected chi connectivity index (χ4v) is 8.58. The standard InChI is InChI=1S/C56H41N/c1-4-14-43(15-5-1)52-37-32-46(38-55(52)44-16-6-2-7-17-44)42-30-35-50(36-31-42)57(48-19-8-3-9-20-48)49-33-28-41(29-34-49)40-24-26-45(27-25-40)56-39-47-18-10-11-21-51(47)53-22-12-13-23-54(53)56/h1-39,47,51H. The summed E-state index contributed by atoms with van der Waals surface area (Å²) < 4.78 is 0. The van der Waals surface area contributed by atoms with Crippen molar-refractivity contribution in [2.24, 2.45) is 5.92 Å². The third-order valence-electron chi connectivity index (χ3n) is 11.5. The molecule has 8 aromatic rings. The number of nitrogens with zero attached hydrogens (tertiary/aromatic N) is 1. The zero-order valence-electron chi connectivity index (χ0n) is 31.6. The van der Waals surface area contributed by atoms with E-state index in [2.05, 4.69) is 242 Å². The van der Waals surface area contributed by atoms with Crippen LogP contribution in [0.2, 0.25) is 0 Å². The summed E-state index contributed by atoms with van der Waals surface area (Å²) in [6, 6.07) is 74.7. The Morgan fingerprint density at radius 1 is 0.316 bits per heavy atom. The lowest BCUT2D eigenvalue weighted by Gasteiger charge is -2.31. The number of hydrogen-bond donors (Lipinski definition) is 0. The quantitative estimate of drug-likeness (QED) is 0.151. The van der Waals surface area contributed by atoms with Crippen molar-refractivity contribution >= 4 is 22.6 Å². The van der Waals surface area contributed by atoms with Crippen molar-refractivity contribution in [2.75, 3.05) is 4.90 Å². The molecule has 2 unspecified atom stereocenters. The van der Waals surface area contributed by atoms with E-state index in [1.54, 1.807) is 0 Å². The minimum atomic E-state index is 0.384. The lowest BCUT2D eigenvalue weighted by Crippen LogP contribution is -2.16. The van der Waals surface area contributed by atoms with Crippen LogP contribution in [0.25, 0.3) is 50.1 Å². The monoisotopic (exact) mass is 727 g/mol. The molecule has 270 valence electrons. The summed E-state index contributed by atoms with van der Waals surface area (Å²) >= 11 is 0. The van der Waals surface area contributed by atoms with E-state index in [0.29, 0.717) is 11.8 Å². The molecule has 1 nitrogen and oxygen atoms in total. The summed E-state index contributed by atoms with van der Waals surface area (Å²) in [5.74, 6) is 0.793. The van der Waals surface area contributed by atoms with Gasteiger partial charge in [0.1, 0.15) is 0 Å². The first-order valence-electron chi connectivity index (χ1n) is 19.8. The second-order valence-corrected chi connectivity index (χ2v) is 14.9. The van der Waals surface area contributed by atoms with Crippen molar-refractivity contribution < 1.29 is 0 Å². The second-order valence-electron chi connectivity index (χ2n) is 14.9. The van der Waals surface area contributed by atoms with E-state index < -0.39 is 0 Å². The van der Waals surface area contributed by atoms with Crippen LogP contribution >= 0.6 is 0 Å². The third-order valence-corrected chi connectivity index (χ3v) is 11.5. The van der Waals surface area contributed by atoms with Gasteiger partial charge in [-0.1, -0.05) is 194 Å². The molecule has 0 amide bonds. The van der Waals surface area contributed by atoms with E-state index in [0.717, 1.165) is 17.1 Å². The lowest BCUT2D eigenvalue weighted by atomic mass is 9.73. The summed E-state index contributed by atoms with van der Waals surface area (Å²) in [6.07, 6.45) is 11.5. The summed E-state index contributed by atoms with van der Waals surface area (Å²) in [5, 5.41) is 0. The third kappa shape index (κ3) is 6.75. The average Bonchev–Trinajstić information content (AvgIpc) is 3.30. The van der Waals surface area contributed by atoms with E-state index in [1.165, 1.54) is 66.8 Å². The van der Waals surface area contributed by atoms with Gasteiger partial charge >= 0.3 is 0 Å². The van der Waals surface area contributed by atoms with Gasteiger partial charge in [0.15, 0.2) is 0 Å². The topological polar surface area (TPSA) is 3.24 Å². The van der Waals surface area contributed by atoms with Crippen molar-refractivity contribution in [1.29, 1.82) is 0 Å². The van der Waals surface area contributed by atoms with Gasteiger partial charge in [-0.25, -0.2) is 0 Å². The van der Waals surface area contributed by atoms with Gasteiger partial charge in [-0.15, -0.1) is 0 Å². The van der Waals surface area contributed by atoms with Crippen molar-refractivity contribution in [2.45, 2.75) is 5.92 Å². The number of fused-ring (bicyclic) bond motifs is 3. The minimum absolute atomic E-state index is 0.384. The average molecular weight is 728 g/mol. The fourth-order valence-electron chi connectivity index (χ4n) is 8.58. The van der Waals surface area contributed by atoms with Crippen LogP contribution in [-0.4, -0.2) is 0 Å². The van der Waals surface area contributed by atoms with E-state index in [1.807, 2.05) is 0 Å². The molecule has 2 aliphatic rings. The molecule has 0 saturated heterocycles. The van der Waals surface area contributed by atoms with Crippen molar-refractivity contribution in [1.82, 2.24) is 0 Å². The Balaban J connectivity index is 0.940. The van der Waals surface area contributed by atoms with Crippen molar-refractivity contribution in [3.8, 4) is 44.5 Å². The Morgan fingerprint density at radius 2 is 0.789 bits per heavy atom. The molecular formula is C56H41N. The lowest BCUT2D eigenvalue weighted by molar-refractivity contribution is 0.689. The molecule has 10 rings (SSSR count). The van der Waals surface area contributed by atoms with Gasteiger partial charge in [0.05, 0.1) is 0 Å². The zero-order valence-corrected chi connectivity index (χ0v) is 31.6. The number of para-hydroxylation sites is 1. The number of benzene rings is 8. The molecule has 57 heavy (non-hydrogen) atoms. The second kappa shape index (κ2) is 15.1. The van der Waals surface area contributed by atoms with Crippen LogP contribution in [0.3, 0.4) is 0 Å². The Labute approximate surface area is 335 Å². The first kappa shape index (κ1) is 34.3. The van der Waals surface area contributed by atoms with Gasteiger partial charge in [-0.05, 0) is 109 Å². The molecule has 0 aromatic heterocycles. The summed E-state index contributed by atoms with van der Waals surface area (Å²) in [7, 11) is 0. The molecule has 0 radical (unpaired) electrons. The molecule has 0 bridgehead atoms. The molecule has 1 heteroatoms. The van der Waals surface area contributed by atoms with Crippen LogP contribution in [0.5, 0.6) is 0 Å².